The smallest absolute Gasteiger partial charge is 0.255 e. The average molecular weight is 337 g/mol. The zero-order chi connectivity index (χ0) is 14.4. The van der Waals surface area contributed by atoms with E-state index in [2.05, 4.69) is 21.2 Å². The highest BCUT2D eigenvalue weighted by atomic mass is 79.9. The predicted molar refractivity (Wildman–Crippen MR) is 83.6 cm³/mol. The fourth-order valence-electron chi connectivity index (χ4n) is 2.46. The summed E-state index contributed by atoms with van der Waals surface area (Å²) in [6, 6.07) is 3.96. The van der Waals surface area contributed by atoms with Crippen LogP contribution in [0.15, 0.2) is 21.0 Å². The van der Waals surface area contributed by atoms with Gasteiger partial charge in [0.05, 0.1) is 11.3 Å². The fraction of sp³-hybridized carbons (Fsp3) is 0.400. The van der Waals surface area contributed by atoms with Gasteiger partial charge in [0.1, 0.15) is 11.3 Å². The number of hydrogen-bond donors (Lipinski definition) is 1. The van der Waals surface area contributed by atoms with Gasteiger partial charge < -0.3 is 14.6 Å². The number of nitrogens with one attached hydrogen (secondary N) is 1. The van der Waals surface area contributed by atoms with Crippen LogP contribution in [0.2, 0.25) is 0 Å². The highest BCUT2D eigenvalue weighted by molar-refractivity contribution is 9.10. The lowest BCUT2D eigenvalue weighted by atomic mass is 10.1. The second kappa shape index (κ2) is 4.81. The number of fused-ring (bicyclic) bond motifs is 1. The zero-order valence-electron chi connectivity index (χ0n) is 11.8. The van der Waals surface area contributed by atoms with Gasteiger partial charge >= 0.3 is 0 Å². The number of nitrogens with zero attached hydrogens (tertiary/aromatic N) is 1. The molecule has 1 saturated carbocycles. The van der Waals surface area contributed by atoms with Crippen molar-refractivity contribution in [3.8, 4) is 0 Å². The molecule has 1 aromatic carbocycles. The normalized spacial score (nSPS) is 14.6. The summed E-state index contributed by atoms with van der Waals surface area (Å²) in [6.07, 6.45) is 2.21. The highest BCUT2D eigenvalue weighted by Crippen LogP contribution is 2.46. The number of halogens is 1. The molecule has 5 heteroatoms. The Labute approximate surface area is 126 Å². The van der Waals surface area contributed by atoms with Crippen molar-refractivity contribution in [2.24, 2.45) is 0 Å². The van der Waals surface area contributed by atoms with Crippen molar-refractivity contribution in [3.05, 3.63) is 27.9 Å². The molecular weight excluding hydrogens is 320 g/mol. The molecular formula is C15H17BrN2O2. The van der Waals surface area contributed by atoms with Gasteiger partial charge in [-0.25, -0.2) is 0 Å². The summed E-state index contributed by atoms with van der Waals surface area (Å²) in [5, 5.41) is 3.59. The molecule has 0 radical (unpaired) electrons. The largest absolute Gasteiger partial charge is 0.460 e. The molecule has 3 rings (SSSR count). The van der Waals surface area contributed by atoms with E-state index in [-0.39, 0.29) is 5.91 Å². The van der Waals surface area contributed by atoms with Crippen molar-refractivity contribution < 1.29 is 9.21 Å². The molecule has 1 heterocycles. The molecule has 0 unspecified atom stereocenters. The van der Waals surface area contributed by atoms with Crippen LogP contribution in [-0.4, -0.2) is 27.1 Å². The Bertz CT molecular complexity index is 687. The van der Waals surface area contributed by atoms with Crippen molar-refractivity contribution in [2.45, 2.75) is 18.8 Å². The number of furan rings is 1. The van der Waals surface area contributed by atoms with Crippen LogP contribution < -0.4 is 10.2 Å². The van der Waals surface area contributed by atoms with Crippen LogP contribution in [0.25, 0.3) is 11.0 Å². The van der Waals surface area contributed by atoms with Crippen molar-refractivity contribution in [2.75, 3.05) is 26.0 Å². The van der Waals surface area contributed by atoms with Crippen LogP contribution in [0.3, 0.4) is 0 Å². The van der Waals surface area contributed by atoms with Crippen LogP contribution in [-0.2, 0) is 0 Å². The molecule has 1 aliphatic rings. The number of carbonyl (C=O) groups is 1. The molecule has 1 fully saturated rings. The molecule has 1 aromatic heterocycles. The van der Waals surface area contributed by atoms with Gasteiger partial charge in [0, 0.05) is 43.0 Å². The average Bonchev–Trinajstić information content (AvgIpc) is 3.18. The molecule has 20 heavy (non-hydrogen) atoms. The Morgan fingerprint density at radius 1 is 1.40 bits per heavy atom. The Morgan fingerprint density at radius 2 is 2.10 bits per heavy atom. The van der Waals surface area contributed by atoms with Crippen molar-refractivity contribution in [1.82, 2.24) is 5.32 Å². The lowest BCUT2D eigenvalue weighted by Gasteiger charge is -2.14. The van der Waals surface area contributed by atoms with Gasteiger partial charge in [-0.05, 0) is 34.8 Å². The van der Waals surface area contributed by atoms with E-state index in [9.17, 15) is 4.79 Å². The second-order valence-electron chi connectivity index (χ2n) is 5.39. The summed E-state index contributed by atoms with van der Waals surface area (Å²) in [5.74, 6) is 1.16. The number of anilines is 1. The summed E-state index contributed by atoms with van der Waals surface area (Å²) < 4.78 is 6.94. The van der Waals surface area contributed by atoms with Gasteiger partial charge in [-0.1, -0.05) is 0 Å². The maximum atomic E-state index is 12.2. The quantitative estimate of drug-likeness (QED) is 0.932. The third-order valence-electron chi connectivity index (χ3n) is 3.67. The minimum absolute atomic E-state index is 0.0739. The summed E-state index contributed by atoms with van der Waals surface area (Å²) in [7, 11) is 5.62. The van der Waals surface area contributed by atoms with E-state index >= 15 is 0 Å². The van der Waals surface area contributed by atoms with E-state index in [0.29, 0.717) is 11.5 Å². The van der Waals surface area contributed by atoms with Gasteiger partial charge in [-0.3, -0.25) is 4.79 Å². The standard InChI is InChI=1S/C15H17BrN2O2/c1-17-15(19)13-9-6-10(16)11(18(2)3)7-12(9)20-14(13)8-4-5-8/h6-8H,4-5H2,1-3H3,(H,17,19). The van der Waals surface area contributed by atoms with Gasteiger partial charge in [-0.15, -0.1) is 0 Å². The summed E-state index contributed by atoms with van der Waals surface area (Å²) >= 11 is 3.57. The molecule has 2 aromatic rings. The molecule has 106 valence electrons. The SMILES string of the molecule is CNC(=O)c1c(C2CC2)oc2cc(N(C)C)c(Br)cc12. The lowest BCUT2D eigenvalue weighted by molar-refractivity contribution is 0.0962. The summed E-state index contributed by atoms with van der Waals surface area (Å²) in [5.41, 5.74) is 2.51. The number of hydrogen-bond acceptors (Lipinski definition) is 3. The Morgan fingerprint density at radius 3 is 2.65 bits per heavy atom. The van der Waals surface area contributed by atoms with E-state index in [4.69, 9.17) is 4.42 Å². The Kier molecular flexibility index (Phi) is 3.24. The minimum atomic E-state index is -0.0739. The number of amides is 1. The first-order valence-corrected chi connectivity index (χ1v) is 7.47. The highest BCUT2D eigenvalue weighted by Gasteiger charge is 2.33. The second-order valence-corrected chi connectivity index (χ2v) is 6.24. The minimum Gasteiger partial charge on any atom is -0.460 e. The van der Waals surface area contributed by atoms with Crippen LogP contribution in [0.1, 0.15) is 34.9 Å². The molecule has 4 nitrogen and oxygen atoms in total. The van der Waals surface area contributed by atoms with Gasteiger partial charge in [-0.2, -0.15) is 0 Å². The lowest BCUT2D eigenvalue weighted by Crippen LogP contribution is -2.18. The molecule has 0 spiro atoms. The van der Waals surface area contributed by atoms with Gasteiger partial charge in [0.15, 0.2) is 0 Å². The number of rotatable bonds is 3. The van der Waals surface area contributed by atoms with E-state index in [1.165, 1.54) is 0 Å². The third kappa shape index (κ3) is 2.10. The van der Waals surface area contributed by atoms with Crippen LogP contribution >= 0.6 is 15.9 Å². The molecule has 0 saturated heterocycles. The molecule has 0 atom stereocenters. The summed E-state index contributed by atoms with van der Waals surface area (Å²) in [6.45, 7) is 0. The van der Waals surface area contributed by atoms with Crippen LogP contribution in [0.4, 0.5) is 5.69 Å². The molecule has 1 aliphatic carbocycles. The fourth-order valence-corrected chi connectivity index (χ4v) is 3.16. The number of benzene rings is 1. The van der Waals surface area contributed by atoms with E-state index in [1.807, 2.05) is 31.1 Å². The Hall–Kier alpha value is -1.49. The molecule has 1 N–H and O–H groups in total. The first-order chi connectivity index (χ1) is 9.52. The van der Waals surface area contributed by atoms with Gasteiger partial charge in [0.2, 0.25) is 0 Å². The van der Waals surface area contributed by atoms with E-state index in [1.54, 1.807) is 7.05 Å². The van der Waals surface area contributed by atoms with Gasteiger partial charge in [0.25, 0.3) is 5.91 Å². The first-order valence-electron chi connectivity index (χ1n) is 6.68. The zero-order valence-corrected chi connectivity index (χ0v) is 13.4. The monoisotopic (exact) mass is 336 g/mol. The maximum absolute atomic E-state index is 12.2. The molecule has 1 amide bonds. The molecule has 0 aliphatic heterocycles. The van der Waals surface area contributed by atoms with Crippen LogP contribution in [0, 0.1) is 0 Å². The topological polar surface area (TPSA) is 45.5 Å². The van der Waals surface area contributed by atoms with E-state index in [0.717, 1.165) is 39.7 Å². The van der Waals surface area contributed by atoms with Crippen LogP contribution in [0.5, 0.6) is 0 Å². The summed E-state index contributed by atoms with van der Waals surface area (Å²) in [4.78, 5) is 14.2. The van der Waals surface area contributed by atoms with Crippen molar-refractivity contribution >= 4 is 38.5 Å². The van der Waals surface area contributed by atoms with E-state index < -0.39 is 0 Å². The molecule has 0 bridgehead atoms. The first kappa shape index (κ1) is 13.5. The third-order valence-corrected chi connectivity index (χ3v) is 4.30. The van der Waals surface area contributed by atoms with Crippen molar-refractivity contribution in [3.63, 3.8) is 0 Å². The Balaban J connectivity index is 2.26. The maximum Gasteiger partial charge on any atom is 0.255 e. The number of carbonyl (C=O) groups excluding carboxylic acids is 1. The predicted octanol–water partition coefficient (Wildman–Crippen LogP) is 3.50. The van der Waals surface area contributed by atoms with Crippen molar-refractivity contribution in [1.29, 1.82) is 0 Å².